The van der Waals surface area contributed by atoms with E-state index in [0.29, 0.717) is 39.9 Å². The number of hydrogen-bond donors (Lipinski definition) is 1. The summed E-state index contributed by atoms with van der Waals surface area (Å²) in [7, 11) is 0. The summed E-state index contributed by atoms with van der Waals surface area (Å²) in [6.45, 7) is 0.472. The summed E-state index contributed by atoms with van der Waals surface area (Å²) in [5.74, 6) is 1.78. The van der Waals surface area contributed by atoms with Crippen molar-refractivity contribution in [2.45, 2.75) is 6.54 Å². The van der Waals surface area contributed by atoms with Crippen molar-refractivity contribution in [2.24, 2.45) is 0 Å². The number of hydrogen-bond acceptors (Lipinski definition) is 5. The van der Waals surface area contributed by atoms with Crippen molar-refractivity contribution < 1.29 is 4.74 Å². The number of ether oxygens (including phenoxy) is 1. The van der Waals surface area contributed by atoms with Crippen LogP contribution in [0.2, 0.25) is 10.0 Å². The molecule has 0 saturated heterocycles. The van der Waals surface area contributed by atoms with Crippen molar-refractivity contribution in [1.29, 1.82) is 0 Å². The van der Waals surface area contributed by atoms with Crippen LogP contribution in [0.25, 0.3) is 5.69 Å². The highest BCUT2D eigenvalue weighted by Crippen LogP contribution is 2.30. The number of anilines is 1. The Morgan fingerprint density at radius 2 is 1.82 bits per heavy atom. The molecule has 0 radical (unpaired) electrons. The van der Waals surface area contributed by atoms with Gasteiger partial charge in [-0.25, -0.2) is 4.98 Å². The molecule has 2 aromatic carbocycles. The van der Waals surface area contributed by atoms with E-state index in [9.17, 15) is 0 Å². The summed E-state index contributed by atoms with van der Waals surface area (Å²) in [5.41, 5.74) is 1.64. The largest absolute Gasteiger partial charge is 0.439 e. The van der Waals surface area contributed by atoms with E-state index >= 15 is 0 Å². The first-order valence-electron chi connectivity index (χ1n) is 8.47. The third kappa shape index (κ3) is 3.93. The number of pyridine rings is 1. The lowest BCUT2D eigenvalue weighted by Crippen LogP contribution is -2.07. The molecule has 28 heavy (non-hydrogen) atoms. The van der Waals surface area contributed by atoms with Crippen LogP contribution in [-0.4, -0.2) is 19.7 Å². The smallest absolute Gasteiger partial charge is 0.229 e. The second kappa shape index (κ2) is 8.29. The van der Waals surface area contributed by atoms with Crippen LogP contribution < -0.4 is 10.1 Å². The van der Waals surface area contributed by atoms with Gasteiger partial charge in [-0.3, -0.25) is 4.57 Å². The van der Waals surface area contributed by atoms with Gasteiger partial charge < -0.3 is 10.1 Å². The molecule has 0 bridgehead atoms. The molecule has 140 valence electrons. The second-order valence-corrected chi connectivity index (χ2v) is 6.61. The molecule has 2 heterocycles. The summed E-state index contributed by atoms with van der Waals surface area (Å²) in [6, 6.07) is 18.6. The third-order valence-electron chi connectivity index (χ3n) is 4.00. The molecule has 0 fully saturated rings. The van der Waals surface area contributed by atoms with Crippen molar-refractivity contribution in [3.05, 3.63) is 88.8 Å². The molecule has 0 aliphatic carbocycles. The lowest BCUT2D eigenvalue weighted by molar-refractivity contribution is 0.458. The Balaban J connectivity index is 1.55. The number of aromatic nitrogens is 4. The summed E-state index contributed by atoms with van der Waals surface area (Å²) in [6.07, 6.45) is 3.27. The van der Waals surface area contributed by atoms with E-state index in [1.54, 1.807) is 23.2 Å². The van der Waals surface area contributed by atoms with E-state index < -0.39 is 0 Å². The average Bonchev–Trinajstić information content (AvgIpc) is 3.18. The molecule has 6 nitrogen and oxygen atoms in total. The topological polar surface area (TPSA) is 64.9 Å². The van der Waals surface area contributed by atoms with Crippen molar-refractivity contribution in [1.82, 2.24) is 19.7 Å². The Hall–Kier alpha value is -3.09. The van der Waals surface area contributed by atoms with E-state index in [4.69, 9.17) is 27.9 Å². The van der Waals surface area contributed by atoms with E-state index in [0.717, 1.165) is 5.56 Å². The number of halogens is 2. The number of benzene rings is 2. The molecule has 0 spiro atoms. The highest BCUT2D eigenvalue weighted by Gasteiger charge is 2.12. The van der Waals surface area contributed by atoms with Gasteiger partial charge in [0, 0.05) is 24.4 Å². The van der Waals surface area contributed by atoms with Crippen molar-refractivity contribution in [3.63, 3.8) is 0 Å². The maximum Gasteiger partial charge on any atom is 0.229 e. The molecule has 0 saturated carbocycles. The summed E-state index contributed by atoms with van der Waals surface area (Å²) in [4.78, 5) is 4.20. The molecule has 0 unspecified atom stereocenters. The van der Waals surface area contributed by atoms with Crippen LogP contribution in [-0.2, 0) is 6.54 Å². The predicted octanol–water partition coefficient (Wildman–Crippen LogP) is 5.37. The van der Waals surface area contributed by atoms with E-state index in [-0.39, 0.29) is 0 Å². The molecule has 4 rings (SSSR count). The Kier molecular flexibility index (Phi) is 5.41. The maximum absolute atomic E-state index is 6.33. The number of rotatable bonds is 6. The second-order valence-electron chi connectivity index (χ2n) is 5.83. The van der Waals surface area contributed by atoms with Crippen LogP contribution in [0.3, 0.4) is 0 Å². The Labute approximate surface area is 171 Å². The minimum atomic E-state index is 0.436. The highest BCUT2D eigenvalue weighted by atomic mass is 35.5. The molecule has 0 aliphatic heterocycles. The monoisotopic (exact) mass is 411 g/mol. The summed E-state index contributed by atoms with van der Waals surface area (Å²) in [5, 5.41) is 12.3. The molecule has 2 aromatic heterocycles. The molecule has 0 amide bonds. The van der Waals surface area contributed by atoms with Gasteiger partial charge in [0.1, 0.15) is 12.1 Å². The van der Waals surface area contributed by atoms with E-state index in [1.807, 2.05) is 54.6 Å². The van der Waals surface area contributed by atoms with Crippen LogP contribution in [0.5, 0.6) is 11.6 Å². The van der Waals surface area contributed by atoms with Gasteiger partial charge in [-0.15, -0.1) is 10.2 Å². The van der Waals surface area contributed by atoms with Crippen LogP contribution in [0.1, 0.15) is 5.56 Å². The standard InChI is InChI=1S/C20H15Cl2N5O/c21-15-7-5-8-16(19(15)22)27-13-25-26-20(27)24-12-14-6-1-2-9-17(14)28-18-10-3-4-11-23-18/h1-11,13H,12H2,(H,24,26). The SMILES string of the molecule is Clc1cccc(-n2cnnc2NCc2ccccc2Oc2ccccn2)c1Cl. The van der Waals surface area contributed by atoms with Gasteiger partial charge in [0.25, 0.3) is 0 Å². The molecular formula is C20H15Cl2N5O. The maximum atomic E-state index is 6.33. The fourth-order valence-electron chi connectivity index (χ4n) is 2.65. The average molecular weight is 412 g/mol. The molecular weight excluding hydrogens is 397 g/mol. The van der Waals surface area contributed by atoms with Gasteiger partial charge in [-0.2, -0.15) is 0 Å². The quantitative estimate of drug-likeness (QED) is 0.461. The Morgan fingerprint density at radius 1 is 0.964 bits per heavy atom. The normalized spacial score (nSPS) is 10.6. The number of nitrogens with zero attached hydrogens (tertiary/aromatic N) is 4. The van der Waals surface area contributed by atoms with Crippen LogP contribution in [0, 0.1) is 0 Å². The fraction of sp³-hybridized carbons (Fsp3) is 0.0500. The van der Waals surface area contributed by atoms with Crippen LogP contribution >= 0.6 is 23.2 Å². The first-order valence-corrected chi connectivity index (χ1v) is 9.23. The summed E-state index contributed by atoms with van der Waals surface area (Å²) < 4.78 is 7.64. The molecule has 0 atom stereocenters. The zero-order valence-electron chi connectivity index (χ0n) is 14.6. The van der Waals surface area contributed by atoms with Gasteiger partial charge >= 0.3 is 0 Å². The van der Waals surface area contributed by atoms with Crippen molar-refractivity contribution in [2.75, 3.05) is 5.32 Å². The van der Waals surface area contributed by atoms with Crippen molar-refractivity contribution in [3.8, 4) is 17.3 Å². The van der Waals surface area contributed by atoms with Crippen molar-refractivity contribution >= 4 is 29.2 Å². The Morgan fingerprint density at radius 3 is 2.68 bits per heavy atom. The van der Waals surface area contributed by atoms with Gasteiger partial charge in [-0.05, 0) is 24.3 Å². The third-order valence-corrected chi connectivity index (χ3v) is 4.81. The highest BCUT2D eigenvalue weighted by molar-refractivity contribution is 6.43. The minimum absolute atomic E-state index is 0.436. The van der Waals surface area contributed by atoms with Crippen LogP contribution in [0.15, 0.2) is 73.2 Å². The molecule has 4 aromatic rings. The predicted molar refractivity (Wildman–Crippen MR) is 109 cm³/mol. The summed E-state index contributed by atoms with van der Waals surface area (Å²) >= 11 is 12.5. The van der Waals surface area contributed by atoms with Gasteiger partial charge in [0.05, 0.1) is 15.7 Å². The van der Waals surface area contributed by atoms with Gasteiger partial charge in [-0.1, -0.05) is 53.5 Å². The lowest BCUT2D eigenvalue weighted by Gasteiger charge is -2.13. The van der Waals surface area contributed by atoms with Gasteiger partial charge in [0.15, 0.2) is 0 Å². The first kappa shape index (κ1) is 18.3. The Bertz CT molecular complexity index is 1080. The van der Waals surface area contributed by atoms with E-state index in [1.165, 1.54) is 0 Å². The molecule has 0 aliphatic rings. The van der Waals surface area contributed by atoms with Crippen LogP contribution in [0.4, 0.5) is 5.95 Å². The zero-order chi connectivity index (χ0) is 19.3. The number of para-hydroxylation sites is 1. The molecule has 8 heteroatoms. The van der Waals surface area contributed by atoms with E-state index in [2.05, 4.69) is 20.5 Å². The molecule has 1 N–H and O–H groups in total. The fourth-order valence-corrected chi connectivity index (χ4v) is 3.04. The van der Waals surface area contributed by atoms with Gasteiger partial charge in [0.2, 0.25) is 11.8 Å². The number of nitrogens with one attached hydrogen (secondary N) is 1. The minimum Gasteiger partial charge on any atom is -0.439 e. The zero-order valence-corrected chi connectivity index (χ0v) is 16.1. The first-order chi connectivity index (χ1) is 13.7. The lowest BCUT2D eigenvalue weighted by atomic mass is 10.2.